The Bertz CT molecular complexity index is 443. The quantitative estimate of drug-likeness (QED) is 0.842. The van der Waals surface area contributed by atoms with Crippen LogP contribution in [0.2, 0.25) is 5.15 Å². The molecule has 1 aromatic rings. The highest BCUT2D eigenvalue weighted by Gasteiger charge is 2.36. The van der Waals surface area contributed by atoms with E-state index in [9.17, 15) is 5.11 Å². The number of likely N-dealkylation sites (N-methyl/N-ethyl adjacent to an activating group) is 1. The number of aromatic nitrogens is 2. The summed E-state index contributed by atoms with van der Waals surface area (Å²) in [5.74, 6) is 0. The highest BCUT2D eigenvalue weighted by molar-refractivity contribution is 6.30. The van der Waals surface area contributed by atoms with E-state index in [0.29, 0.717) is 11.6 Å². The maximum Gasteiger partial charge on any atom is 0.130 e. The second-order valence-corrected chi connectivity index (χ2v) is 5.94. The van der Waals surface area contributed by atoms with E-state index in [-0.39, 0.29) is 5.54 Å². The van der Waals surface area contributed by atoms with Crippen molar-refractivity contribution in [3.63, 3.8) is 0 Å². The summed E-state index contributed by atoms with van der Waals surface area (Å²) in [4.78, 5) is 2.32. The highest BCUT2D eigenvalue weighted by Crippen LogP contribution is 2.29. The van der Waals surface area contributed by atoms with Crippen LogP contribution in [0, 0.1) is 6.92 Å². The van der Waals surface area contributed by atoms with Gasteiger partial charge in [0.1, 0.15) is 5.15 Å². The Kier molecular flexibility index (Phi) is 6.05. The van der Waals surface area contributed by atoms with Crippen LogP contribution in [0.1, 0.15) is 45.4 Å². The molecule has 0 amide bonds. The second-order valence-electron chi connectivity index (χ2n) is 5.58. The summed E-state index contributed by atoms with van der Waals surface area (Å²) in [6.45, 7) is 12.3. The molecule has 1 rings (SSSR count). The molecular weight excluding hydrogens is 274 g/mol. The Morgan fingerprint density at radius 2 is 1.90 bits per heavy atom. The minimum absolute atomic E-state index is 0.241. The molecule has 20 heavy (non-hydrogen) atoms. The summed E-state index contributed by atoms with van der Waals surface area (Å²) in [6.07, 6.45) is 0.972. The van der Waals surface area contributed by atoms with Crippen LogP contribution in [0.15, 0.2) is 0 Å². The number of rotatable bonds is 7. The van der Waals surface area contributed by atoms with Crippen molar-refractivity contribution in [1.29, 1.82) is 0 Å². The van der Waals surface area contributed by atoms with Gasteiger partial charge in [0, 0.05) is 24.6 Å². The van der Waals surface area contributed by atoms with E-state index in [1.807, 2.05) is 14.0 Å². The number of halogens is 1. The van der Waals surface area contributed by atoms with Crippen molar-refractivity contribution in [1.82, 2.24) is 14.7 Å². The zero-order valence-electron chi connectivity index (χ0n) is 13.6. The maximum atomic E-state index is 10.8. The predicted octanol–water partition coefficient (Wildman–Crippen LogP) is 2.80. The number of aryl methyl sites for hydroxylation is 2. The van der Waals surface area contributed by atoms with Gasteiger partial charge in [-0.2, -0.15) is 5.10 Å². The van der Waals surface area contributed by atoms with Crippen molar-refractivity contribution >= 4 is 11.6 Å². The predicted molar refractivity (Wildman–Crippen MR) is 84.3 cm³/mol. The summed E-state index contributed by atoms with van der Waals surface area (Å²) >= 11 is 6.27. The Hall–Kier alpha value is -0.580. The van der Waals surface area contributed by atoms with Crippen molar-refractivity contribution < 1.29 is 5.11 Å². The fourth-order valence-corrected chi connectivity index (χ4v) is 3.19. The van der Waals surface area contributed by atoms with Gasteiger partial charge >= 0.3 is 0 Å². The fraction of sp³-hybridized carbons (Fsp3) is 0.800. The molecule has 116 valence electrons. The molecule has 0 saturated carbocycles. The second kappa shape index (κ2) is 6.92. The van der Waals surface area contributed by atoms with Crippen LogP contribution < -0.4 is 0 Å². The SMILES string of the molecule is CCN(CC)C(C)(CC)C(O)Cc1c(C)nn(C)c1Cl. The molecule has 2 atom stereocenters. The van der Waals surface area contributed by atoms with Crippen LogP contribution in [0.4, 0.5) is 0 Å². The lowest BCUT2D eigenvalue weighted by molar-refractivity contribution is -0.0190. The molecule has 1 N–H and O–H groups in total. The van der Waals surface area contributed by atoms with Gasteiger partial charge in [0.15, 0.2) is 0 Å². The first-order valence-corrected chi connectivity index (χ1v) is 7.80. The van der Waals surface area contributed by atoms with Gasteiger partial charge in [-0.1, -0.05) is 32.4 Å². The van der Waals surface area contributed by atoms with Gasteiger partial charge in [-0.25, -0.2) is 0 Å². The lowest BCUT2D eigenvalue weighted by Crippen LogP contribution is -2.54. The van der Waals surface area contributed by atoms with Crippen LogP contribution >= 0.6 is 11.6 Å². The first-order chi connectivity index (χ1) is 9.31. The van der Waals surface area contributed by atoms with Gasteiger partial charge in [-0.3, -0.25) is 9.58 Å². The molecule has 0 saturated heterocycles. The minimum atomic E-state index is -0.465. The van der Waals surface area contributed by atoms with E-state index in [1.165, 1.54) is 0 Å². The smallest absolute Gasteiger partial charge is 0.130 e. The molecule has 0 aliphatic rings. The number of hydrogen-bond donors (Lipinski definition) is 1. The molecule has 4 nitrogen and oxygen atoms in total. The van der Waals surface area contributed by atoms with Gasteiger partial charge < -0.3 is 5.11 Å². The number of hydrogen-bond acceptors (Lipinski definition) is 3. The van der Waals surface area contributed by atoms with E-state index in [0.717, 1.165) is 30.8 Å². The molecule has 0 aliphatic carbocycles. The van der Waals surface area contributed by atoms with Crippen molar-refractivity contribution in [2.24, 2.45) is 7.05 Å². The van der Waals surface area contributed by atoms with E-state index >= 15 is 0 Å². The van der Waals surface area contributed by atoms with Gasteiger partial charge in [-0.15, -0.1) is 0 Å². The third-order valence-corrected chi connectivity index (χ3v) is 5.06. The number of aliphatic hydroxyl groups is 1. The summed E-state index contributed by atoms with van der Waals surface area (Å²) in [5, 5.41) is 15.7. The van der Waals surface area contributed by atoms with Crippen molar-refractivity contribution in [2.75, 3.05) is 13.1 Å². The lowest BCUT2D eigenvalue weighted by atomic mass is 9.85. The number of nitrogens with zero attached hydrogens (tertiary/aromatic N) is 3. The average Bonchev–Trinajstić information content (AvgIpc) is 2.66. The van der Waals surface area contributed by atoms with Crippen LogP contribution in [0.5, 0.6) is 0 Å². The third-order valence-electron chi connectivity index (χ3n) is 4.59. The Labute approximate surface area is 127 Å². The van der Waals surface area contributed by atoms with Gasteiger partial charge in [0.2, 0.25) is 0 Å². The molecule has 0 spiro atoms. The molecule has 1 heterocycles. The van der Waals surface area contributed by atoms with E-state index in [4.69, 9.17) is 11.6 Å². The van der Waals surface area contributed by atoms with Crippen molar-refractivity contribution in [3.05, 3.63) is 16.4 Å². The molecule has 0 radical (unpaired) electrons. The van der Waals surface area contributed by atoms with Crippen LogP contribution in [-0.4, -0.2) is 44.5 Å². The summed E-state index contributed by atoms with van der Waals surface area (Å²) in [7, 11) is 1.83. The standard InChI is InChI=1S/C15H28ClN3O/c1-7-15(5,19(8-2)9-3)13(20)10-12-11(4)17-18(6)14(12)16/h13,20H,7-10H2,1-6H3. The zero-order valence-corrected chi connectivity index (χ0v) is 14.3. The lowest BCUT2D eigenvalue weighted by Gasteiger charge is -2.43. The summed E-state index contributed by atoms with van der Waals surface area (Å²) in [6, 6.07) is 0. The summed E-state index contributed by atoms with van der Waals surface area (Å²) < 4.78 is 1.67. The Balaban J connectivity index is 3.00. The molecular formula is C15H28ClN3O. The van der Waals surface area contributed by atoms with Crippen molar-refractivity contribution in [3.8, 4) is 0 Å². The molecule has 0 aromatic carbocycles. The van der Waals surface area contributed by atoms with Crippen LogP contribution in [0.25, 0.3) is 0 Å². The van der Waals surface area contributed by atoms with Crippen LogP contribution in [0.3, 0.4) is 0 Å². The largest absolute Gasteiger partial charge is 0.391 e. The molecule has 0 aliphatic heterocycles. The summed E-state index contributed by atoms with van der Waals surface area (Å²) in [5.41, 5.74) is 1.61. The number of aliphatic hydroxyl groups excluding tert-OH is 1. The molecule has 0 bridgehead atoms. The van der Waals surface area contributed by atoms with Gasteiger partial charge in [0.25, 0.3) is 0 Å². The Morgan fingerprint density at radius 3 is 2.25 bits per heavy atom. The van der Waals surface area contributed by atoms with E-state index < -0.39 is 6.10 Å². The highest BCUT2D eigenvalue weighted by atomic mass is 35.5. The first kappa shape index (κ1) is 17.5. The minimum Gasteiger partial charge on any atom is -0.391 e. The van der Waals surface area contributed by atoms with Gasteiger partial charge in [0.05, 0.1) is 11.8 Å². The molecule has 2 unspecified atom stereocenters. The average molecular weight is 302 g/mol. The Morgan fingerprint density at radius 1 is 1.35 bits per heavy atom. The van der Waals surface area contributed by atoms with Gasteiger partial charge in [-0.05, 0) is 33.4 Å². The van der Waals surface area contributed by atoms with E-state index in [2.05, 4.69) is 37.7 Å². The topological polar surface area (TPSA) is 41.3 Å². The van der Waals surface area contributed by atoms with E-state index in [1.54, 1.807) is 4.68 Å². The first-order valence-electron chi connectivity index (χ1n) is 7.42. The normalized spacial score (nSPS) is 16.4. The monoisotopic (exact) mass is 301 g/mol. The zero-order chi connectivity index (χ0) is 15.5. The third kappa shape index (κ3) is 3.18. The molecule has 5 heteroatoms. The fourth-order valence-electron chi connectivity index (χ4n) is 2.93. The maximum absolute atomic E-state index is 10.8. The molecule has 0 fully saturated rings. The molecule has 1 aromatic heterocycles. The van der Waals surface area contributed by atoms with Crippen LogP contribution in [-0.2, 0) is 13.5 Å². The van der Waals surface area contributed by atoms with Crippen molar-refractivity contribution in [2.45, 2.75) is 59.1 Å².